The van der Waals surface area contributed by atoms with Gasteiger partial charge in [0, 0.05) is 0 Å². The zero-order valence-electron chi connectivity index (χ0n) is 20.0. The Morgan fingerprint density at radius 3 is 2.22 bits per heavy atom. The number of nitrogens with zero attached hydrogens (tertiary/aromatic N) is 1. The number of carbonyl (C=O) groups excluding carboxylic acids is 3. The SMILES string of the molecule is CC1(c2ccc3ccccc3c2)NC(=O)N(CC(=O)NC(Cc2ccccc2)c2ccccc2)C1=O. The van der Waals surface area contributed by atoms with E-state index in [2.05, 4.69) is 10.6 Å². The standard InChI is InChI=1S/C30H27N3O3/c1-30(25-17-16-22-12-8-9-15-24(22)19-25)28(35)33(29(36)32-30)20-27(34)31-26(23-13-6-3-7-14-23)18-21-10-4-2-5-11-21/h2-17,19,26H,18,20H2,1H3,(H,31,34)(H,32,36). The fraction of sp³-hybridized carbons (Fsp3) is 0.167. The summed E-state index contributed by atoms with van der Waals surface area (Å²) >= 11 is 0. The summed E-state index contributed by atoms with van der Waals surface area (Å²) in [6.07, 6.45) is 0.589. The van der Waals surface area contributed by atoms with Crippen molar-refractivity contribution in [1.82, 2.24) is 15.5 Å². The molecule has 5 rings (SSSR count). The fourth-order valence-corrected chi connectivity index (χ4v) is 4.71. The molecular formula is C30H27N3O3. The van der Waals surface area contributed by atoms with Crippen LogP contribution in [0.4, 0.5) is 4.79 Å². The van der Waals surface area contributed by atoms with Crippen LogP contribution in [0.1, 0.15) is 29.7 Å². The average molecular weight is 478 g/mol. The lowest BCUT2D eigenvalue weighted by Crippen LogP contribution is -2.44. The van der Waals surface area contributed by atoms with Gasteiger partial charge in [0.15, 0.2) is 0 Å². The second kappa shape index (κ2) is 9.66. The first-order valence-corrected chi connectivity index (χ1v) is 12.0. The third-order valence-corrected chi connectivity index (χ3v) is 6.72. The molecule has 2 N–H and O–H groups in total. The van der Waals surface area contributed by atoms with Gasteiger partial charge in [0.2, 0.25) is 5.91 Å². The van der Waals surface area contributed by atoms with Gasteiger partial charge in [-0.2, -0.15) is 0 Å². The van der Waals surface area contributed by atoms with Gasteiger partial charge < -0.3 is 10.6 Å². The van der Waals surface area contributed by atoms with Gasteiger partial charge in [0.05, 0.1) is 6.04 Å². The molecule has 1 saturated heterocycles. The van der Waals surface area contributed by atoms with E-state index in [4.69, 9.17) is 0 Å². The Morgan fingerprint density at radius 2 is 1.50 bits per heavy atom. The van der Waals surface area contributed by atoms with Crippen LogP contribution in [-0.4, -0.2) is 29.3 Å². The van der Waals surface area contributed by atoms with Crippen molar-refractivity contribution in [2.24, 2.45) is 0 Å². The quantitative estimate of drug-likeness (QED) is 0.379. The average Bonchev–Trinajstić information content (AvgIpc) is 3.12. The topological polar surface area (TPSA) is 78.5 Å². The molecule has 0 radical (unpaired) electrons. The van der Waals surface area contributed by atoms with Gasteiger partial charge in [-0.1, -0.05) is 97.1 Å². The van der Waals surface area contributed by atoms with Gasteiger partial charge in [0.1, 0.15) is 12.1 Å². The van der Waals surface area contributed by atoms with Crippen LogP contribution >= 0.6 is 0 Å². The number of amides is 4. The zero-order valence-corrected chi connectivity index (χ0v) is 20.0. The predicted octanol–water partition coefficient (Wildman–Crippen LogP) is 4.71. The molecule has 1 heterocycles. The number of hydrogen-bond acceptors (Lipinski definition) is 3. The molecular weight excluding hydrogens is 450 g/mol. The summed E-state index contributed by atoms with van der Waals surface area (Å²) in [5.74, 6) is -0.844. The summed E-state index contributed by atoms with van der Waals surface area (Å²) in [4.78, 5) is 40.3. The Kier molecular flexibility index (Phi) is 6.25. The molecule has 2 unspecified atom stereocenters. The molecule has 0 aliphatic carbocycles. The van der Waals surface area contributed by atoms with Crippen molar-refractivity contribution < 1.29 is 14.4 Å². The number of benzene rings is 4. The lowest BCUT2D eigenvalue weighted by Gasteiger charge is -2.23. The number of rotatable bonds is 7. The minimum Gasteiger partial charge on any atom is -0.347 e. The second-order valence-electron chi connectivity index (χ2n) is 9.23. The Hall–Kier alpha value is -4.45. The van der Waals surface area contributed by atoms with Gasteiger partial charge in [-0.3, -0.25) is 14.5 Å². The van der Waals surface area contributed by atoms with E-state index in [1.807, 2.05) is 103 Å². The second-order valence-corrected chi connectivity index (χ2v) is 9.23. The molecule has 4 aromatic rings. The lowest BCUT2D eigenvalue weighted by atomic mass is 9.90. The highest BCUT2D eigenvalue weighted by Crippen LogP contribution is 2.31. The minimum absolute atomic E-state index is 0.297. The predicted molar refractivity (Wildman–Crippen MR) is 139 cm³/mol. The van der Waals surface area contributed by atoms with Crippen LogP contribution < -0.4 is 10.6 Å². The summed E-state index contributed by atoms with van der Waals surface area (Å²) in [7, 11) is 0. The number of nitrogens with one attached hydrogen (secondary N) is 2. The molecule has 36 heavy (non-hydrogen) atoms. The van der Waals surface area contributed by atoms with E-state index < -0.39 is 23.4 Å². The number of hydrogen-bond donors (Lipinski definition) is 2. The number of carbonyl (C=O) groups is 3. The van der Waals surface area contributed by atoms with Crippen LogP contribution in [0.15, 0.2) is 103 Å². The molecule has 4 amide bonds. The molecule has 0 aromatic heterocycles. The molecule has 6 heteroatoms. The van der Waals surface area contributed by atoms with Crippen molar-refractivity contribution in [3.63, 3.8) is 0 Å². The van der Waals surface area contributed by atoms with Gasteiger partial charge in [-0.15, -0.1) is 0 Å². The molecule has 1 aliphatic heterocycles. The van der Waals surface area contributed by atoms with Crippen molar-refractivity contribution >= 4 is 28.6 Å². The first-order valence-electron chi connectivity index (χ1n) is 12.0. The van der Waals surface area contributed by atoms with Gasteiger partial charge in [0.25, 0.3) is 5.91 Å². The maximum absolute atomic E-state index is 13.4. The lowest BCUT2D eigenvalue weighted by molar-refractivity contribution is -0.135. The highest BCUT2D eigenvalue weighted by atomic mass is 16.2. The van der Waals surface area contributed by atoms with Crippen LogP contribution in [0.25, 0.3) is 10.8 Å². The highest BCUT2D eigenvalue weighted by Gasteiger charge is 2.49. The maximum atomic E-state index is 13.4. The van der Waals surface area contributed by atoms with Crippen molar-refractivity contribution in [1.29, 1.82) is 0 Å². The number of fused-ring (bicyclic) bond motifs is 1. The number of imide groups is 1. The molecule has 180 valence electrons. The van der Waals surface area contributed by atoms with Gasteiger partial charge in [-0.25, -0.2) is 4.79 Å². The van der Waals surface area contributed by atoms with E-state index in [9.17, 15) is 14.4 Å². The molecule has 0 saturated carbocycles. The Bertz CT molecular complexity index is 1420. The summed E-state index contributed by atoms with van der Waals surface area (Å²) in [6, 6.07) is 32.2. The Balaban J connectivity index is 1.34. The highest BCUT2D eigenvalue weighted by molar-refractivity contribution is 6.09. The van der Waals surface area contributed by atoms with E-state index in [1.165, 1.54) is 0 Å². The first kappa shape index (κ1) is 23.3. The van der Waals surface area contributed by atoms with Crippen LogP contribution in [0.2, 0.25) is 0 Å². The van der Waals surface area contributed by atoms with Crippen molar-refractivity contribution in [2.75, 3.05) is 6.54 Å². The van der Waals surface area contributed by atoms with Gasteiger partial charge >= 0.3 is 6.03 Å². The molecule has 2 atom stereocenters. The third-order valence-electron chi connectivity index (χ3n) is 6.72. The summed E-state index contributed by atoms with van der Waals surface area (Å²) in [6.45, 7) is 1.32. The summed E-state index contributed by atoms with van der Waals surface area (Å²) in [5, 5.41) is 7.84. The van der Waals surface area contributed by atoms with E-state index in [0.717, 1.165) is 26.8 Å². The minimum atomic E-state index is -1.25. The summed E-state index contributed by atoms with van der Waals surface area (Å²) in [5.41, 5.74) is 1.46. The van der Waals surface area contributed by atoms with Gasteiger partial charge in [-0.05, 0) is 46.9 Å². The molecule has 1 aliphatic rings. The molecule has 1 fully saturated rings. The van der Waals surface area contributed by atoms with Crippen molar-refractivity contribution in [3.8, 4) is 0 Å². The molecule has 6 nitrogen and oxygen atoms in total. The monoisotopic (exact) mass is 477 g/mol. The van der Waals surface area contributed by atoms with Crippen LogP contribution in [0, 0.1) is 0 Å². The first-order chi connectivity index (χ1) is 17.4. The largest absolute Gasteiger partial charge is 0.347 e. The molecule has 0 spiro atoms. The Labute approximate surface area is 209 Å². The zero-order chi connectivity index (χ0) is 25.1. The van der Waals surface area contributed by atoms with E-state index in [-0.39, 0.29) is 12.6 Å². The Morgan fingerprint density at radius 1 is 0.861 bits per heavy atom. The fourth-order valence-electron chi connectivity index (χ4n) is 4.71. The van der Waals surface area contributed by atoms with Crippen molar-refractivity contribution in [2.45, 2.75) is 24.9 Å². The van der Waals surface area contributed by atoms with Crippen molar-refractivity contribution in [3.05, 3.63) is 120 Å². The maximum Gasteiger partial charge on any atom is 0.325 e. The normalized spacial score (nSPS) is 18.2. The van der Waals surface area contributed by atoms with E-state index >= 15 is 0 Å². The summed E-state index contributed by atoms with van der Waals surface area (Å²) < 4.78 is 0. The van der Waals surface area contributed by atoms with E-state index in [1.54, 1.807) is 6.92 Å². The molecule has 0 bridgehead atoms. The number of urea groups is 1. The van der Waals surface area contributed by atoms with Crippen LogP contribution in [0.3, 0.4) is 0 Å². The smallest absolute Gasteiger partial charge is 0.325 e. The van der Waals surface area contributed by atoms with Crippen LogP contribution in [0.5, 0.6) is 0 Å². The third kappa shape index (κ3) is 4.58. The van der Waals surface area contributed by atoms with Crippen LogP contribution in [-0.2, 0) is 21.5 Å². The van der Waals surface area contributed by atoms with E-state index in [0.29, 0.717) is 12.0 Å². The molecule has 4 aromatic carbocycles.